The summed E-state index contributed by atoms with van der Waals surface area (Å²) in [5.74, 6) is 0.234. The summed E-state index contributed by atoms with van der Waals surface area (Å²) in [6, 6.07) is 17.6. The van der Waals surface area contributed by atoms with Gasteiger partial charge >= 0.3 is 6.09 Å². The molecule has 0 spiro atoms. The predicted molar refractivity (Wildman–Crippen MR) is 158 cm³/mol. The molecule has 1 aliphatic rings. The Morgan fingerprint density at radius 1 is 1.05 bits per heavy atom. The minimum absolute atomic E-state index is 0.234. The normalized spacial score (nSPS) is 13.9. The van der Waals surface area contributed by atoms with Gasteiger partial charge in [0.05, 0.1) is 5.69 Å². The van der Waals surface area contributed by atoms with Crippen LogP contribution in [0, 0.1) is 6.92 Å². The van der Waals surface area contributed by atoms with Crippen molar-refractivity contribution in [3.63, 3.8) is 0 Å². The van der Waals surface area contributed by atoms with E-state index in [1.807, 2.05) is 75.4 Å². The lowest BCUT2D eigenvalue weighted by Gasteiger charge is -2.33. The van der Waals surface area contributed by atoms with Gasteiger partial charge in [0.2, 0.25) is 0 Å². The van der Waals surface area contributed by atoms with Crippen LogP contribution in [-0.4, -0.2) is 49.8 Å². The van der Waals surface area contributed by atoms with Gasteiger partial charge < -0.3 is 9.64 Å². The number of piperidine rings is 1. The maximum absolute atomic E-state index is 12.4. The number of likely N-dealkylation sites (tertiary alicyclic amines) is 1. The van der Waals surface area contributed by atoms with Gasteiger partial charge in [-0.25, -0.2) is 14.8 Å². The fourth-order valence-corrected chi connectivity index (χ4v) is 4.66. The summed E-state index contributed by atoms with van der Waals surface area (Å²) in [4.78, 5) is 23.8. The van der Waals surface area contributed by atoms with Gasteiger partial charge in [0, 0.05) is 51.9 Å². The molecule has 0 unspecified atom stereocenters. The molecule has 1 amide bonds. The molecule has 0 radical (unpaired) electrons. The van der Waals surface area contributed by atoms with Crippen LogP contribution in [0.15, 0.2) is 72.0 Å². The number of aromatic amines is 1. The molecule has 1 aliphatic heterocycles. The van der Waals surface area contributed by atoms with Gasteiger partial charge in [-0.1, -0.05) is 41.4 Å². The molecule has 0 saturated carbocycles. The van der Waals surface area contributed by atoms with E-state index >= 15 is 0 Å². The van der Waals surface area contributed by atoms with E-state index in [1.54, 1.807) is 17.4 Å². The molecular weight excluding hydrogens is 530 g/mol. The van der Waals surface area contributed by atoms with Gasteiger partial charge in [0.1, 0.15) is 17.6 Å². The van der Waals surface area contributed by atoms with Crippen molar-refractivity contribution in [1.29, 1.82) is 0 Å². The van der Waals surface area contributed by atoms with Crippen LogP contribution in [0.3, 0.4) is 0 Å². The highest BCUT2D eigenvalue weighted by molar-refractivity contribution is 7.80. The molecule has 1 N–H and O–H groups in total. The zero-order valence-corrected chi connectivity index (χ0v) is 24.3. The van der Waals surface area contributed by atoms with Crippen LogP contribution in [0.4, 0.5) is 4.79 Å². The monoisotopic (exact) mass is 563 g/mol. The van der Waals surface area contributed by atoms with Crippen LogP contribution in [0.25, 0.3) is 22.5 Å². The minimum atomic E-state index is -0.495. The Bertz CT molecular complexity index is 1340. The quantitative estimate of drug-likeness (QED) is 0.251. The topological polar surface area (TPSA) is 84.0 Å². The lowest BCUT2D eigenvalue weighted by Crippen LogP contribution is -2.41. The molecule has 1 saturated heterocycles. The van der Waals surface area contributed by atoms with Crippen molar-refractivity contribution in [2.75, 3.05) is 13.1 Å². The number of aryl methyl sites for hydroxylation is 1. The Labute approximate surface area is 240 Å². The summed E-state index contributed by atoms with van der Waals surface area (Å²) in [5.41, 5.74) is 5.41. The molecule has 0 aliphatic carbocycles. The highest BCUT2D eigenvalue weighted by Gasteiger charge is 2.31. The molecule has 204 valence electrons. The second-order valence-electron chi connectivity index (χ2n) is 10.5. The number of carbonyl (C=O) groups excluding carboxylic acids is 1. The van der Waals surface area contributed by atoms with Gasteiger partial charge in [-0.3, -0.25) is 5.10 Å². The molecule has 5 rings (SSSR count). The Morgan fingerprint density at radius 3 is 2.28 bits per heavy atom. The highest BCUT2D eigenvalue weighted by atomic mass is 35.5. The van der Waals surface area contributed by atoms with Gasteiger partial charge in [-0.15, -0.1) is 12.6 Å². The Morgan fingerprint density at radius 2 is 1.72 bits per heavy atom. The van der Waals surface area contributed by atoms with Crippen molar-refractivity contribution in [1.82, 2.24) is 25.1 Å². The van der Waals surface area contributed by atoms with E-state index < -0.39 is 5.60 Å². The van der Waals surface area contributed by atoms with E-state index in [4.69, 9.17) is 16.3 Å². The first-order chi connectivity index (χ1) is 18.6. The predicted octanol–water partition coefficient (Wildman–Crippen LogP) is 7.59. The molecule has 2 aromatic heterocycles. The zero-order chi connectivity index (χ0) is 28.0. The molecule has 4 aromatic rings. The maximum atomic E-state index is 12.4. The number of amides is 1. The number of ether oxygens (including phenoxy) is 1. The van der Waals surface area contributed by atoms with Crippen molar-refractivity contribution in [2.45, 2.75) is 57.0 Å². The average molecular weight is 564 g/mol. The molecule has 7 nitrogen and oxygen atoms in total. The van der Waals surface area contributed by atoms with Crippen LogP contribution >= 0.6 is 24.2 Å². The summed E-state index contributed by atoms with van der Waals surface area (Å²) in [6.45, 7) is 8.99. The van der Waals surface area contributed by atoms with Crippen LogP contribution in [0.1, 0.15) is 50.8 Å². The standard InChI is InChI=1S/C23H26ClN5O2.C7H8S/c1-23(2,3)31-22(30)29-12-9-16(10-13-29)21-19(18-8-11-25-14-26-18)20(27-28-21)15-4-6-17(24)7-5-15;1-6-2-4-7(8)5-3-6/h4-8,11,14,16H,9-10,12-13H2,1-3H3,(H,27,28);2-5,8H,1H3. The van der Waals surface area contributed by atoms with Crippen molar-refractivity contribution in [2.24, 2.45) is 0 Å². The van der Waals surface area contributed by atoms with Gasteiger partial charge in [0.25, 0.3) is 0 Å². The highest BCUT2D eigenvalue weighted by Crippen LogP contribution is 2.39. The van der Waals surface area contributed by atoms with Gasteiger partial charge in [0.15, 0.2) is 0 Å². The Balaban J connectivity index is 0.000000379. The third-order valence-corrected chi connectivity index (χ3v) is 6.89. The SMILES string of the molecule is CC(C)(C)OC(=O)N1CCC(c2[nH]nc(-c3ccc(Cl)cc3)c2-c2ccncn2)CC1.Cc1ccc(S)cc1. The van der Waals surface area contributed by atoms with Crippen LogP contribution < -0.4 is 0 Å². The zero-order valence-electron chi connectivity index (χ0n) is 22.7. The number of hydrogen-bond donors (Lipinski definition) is 2. The minimum Gasteiger partial charge on any atom is -0.444 e. The number of rotatable bonds is 3. The summed E-state index contributed by atoms with van der Waals surface area (Å²) < 4.78 is 5.52. The smallest absolute Gasteiger partial charge is 0.410 e. The molecule has 0 atom stereocenters. The number of hydrogen-bond acceptors (Lipinski definition) is 6. The average Bonchev–Trinajstić information content (AvgIpc) is 3.36. The first-order valence-electron chi connectivity index (χ1n) is 12.9. The Hall–Kier alpha value is -3.36. The fraction of sp³-hybridized carbons (Fsp3) is 0.333. The molecule has 1 fully saturated rings. The molecular formula is C30H34ClN5O2S. The van der Waals surface area contributed by atoms with E-state index in [9.17, 15) is 4.79 Å². The van der Waals surface area contributed by atoms with Crippen LogP contribution in [0.2, 0.25) is 5.02 Å². The number of H-pyrrole nitrogens is 1. The molecule has 3 heterocycles. The summed E-state index contributed by atoms with van der Waals surface area (Å²) in [5, 5.41) is 8.57. The van der Waals surface area contributed by atoms with Crippen molar-refractivity contribution < 1.29 is 9.53 Å². The third kappa shape index (κ3) is 7.83. The van der Waals surface area contributed by atoms with E-state index in [-0.39, 0.29) is 12.0 Å². The number of carbonyl (C=O) groups is 1. The summed E-state index contributed by atoms with van der Waals surface area (Å²) in [6.07, 6.45) is 4.66. The van der Waals surface area contributed by atoms with E-state index in [1.165, 1.54) is 5.56 Å². The van der Waals surface area contributed by atoms with Crippen LogP contribution in [0.5, 0.6) is 0 Å². The number of nitrogens with one attached hydrogen (secondary N) is 1. The van der Waals surface area contributed by atoms with Crippen molar-refractivity contribution in [3.05, 3.63) is 83.4 Å². The largest absolute Gasteiger partial charge is 0.444 e. The number of nitrogens with zero attached hydrogens (tertiary/aromatic N) is 4. The number of halogens is 1. The lowest BCUT2D eigenvalue weighted by molar-refractivity contribution is 0.0204. The van der Waals surface area contributed by atoms with E-state index in [0.29, 0.717) is 18.1 Å². The molecule has 0 bridgehead atoms. The van der Waals surface area contributed by atoms with Gasteiger partial charge in [-0.05, 0) is 70.9 Å². The van der Waals surface area contributed by atoms with E-state index in [0.717, 1.165) is 45.9 Å². The van der Waals surface area contributed by atoms with Crippen LogP contribution in [-0.2, 0) is 4.74 Å². The maximum Gasteiger partial charge on any atom is 0.410 e. The Kier molecular flexibility index (Phi) is 9.30. The molecule has 9 heteroatoms. The van der Waals surface area contributed by atoms with Crippen molar-refractivity contribution >= 4 is 30.3 Å². The van der Waals surface area contributed by atoms with Gasteiger partial charge in [-0.2, -0.15) is 5.10 Å². The first kappa shape index (κ1) is 28.6. The third-order valence-electron chi connectivity index (χ3n) is 6.34. The number of thiol groups is 1. The van der Waals surface area contributed by atoms with E-state index in [2.05, 4.69) is 39.7 Å². The summed E-state index contributed by atoms with van der Waals surface area (Å²) >= 11 is 10.2. The second-order valence-corrected chi connectivity index (χ2v) is 11.5. The number of aromatic nitrogens is 4. The summed E-state index contributed by atoms with van der Waals surface area (Å²) in [7, 11) is 0. The first-order valence-corrected chi connectivity index (χ1v) is 13.8. The lowest BCUT2D eigenvalue weighted by atomic mass is 9.89. The number of benzene rings is 2. The second kappa shape index (κ2) is 12.7. The van der Waals surface area contributed by atoms with Crippen molar-refractivity contribution in [3.8, 4) is 22.5 Å². The fourth-order valence-electron chi connectivity index (χ4n) is 4.39. The molecule has 2 aromatic carbocycles. The molecule has 39 heavy (non-hydrogen) atoms.